The van der Waals surface area contributed by atoms with Crippen molar-refractivity contribution in [2.45, 2.75) is 44.9 Å². The van der Waals surface area contributed by atoms with Crippen LogP contribution in [0.25, 0.3) is 0 Å². The van der Waals surface area contributed by atoms with Crippen molar-refractivity contribution in [2.24, 2.45) is 0 Å². The van der Waals surface area contributed by atoms with Gasteiger partial charge >= 0.3 is 12.2 Å². The Bertz CT molecular complexity index is 1370. The lowest BCUT2D eigenvalue weighted by atomic mass is 9.93. The summed E-state index contributed by atoms with van der Waals surface area (Å²) in [6, 6.07) is 9.28. The Kier molecular flexibility index (Phi) is 6.22. The molecule has 8 nitrogen and oxygen atoms in total. The van der Waals surface area contributed by atoms with E-state index < -0.39 is 17.6 Å². The van der Waals surface area contributed by atoms with E-state index in [1.54, 1.807) is 36.3 Å². The molecule has 5 rings (SSSR count). The van der Waals surface area contributed by atoms with Crippen molar-refractivity contribution in [3.8, 4) is 0 Å². The van der Waals surface area contributed by atoms with Gasteiger partial charge in [-0.25, -0.2) is 9.78 Å². The molecule has 1 aliphatic heterocycles. The first kappa shape index (κ1) is 24.5. The molecule has 0 unspecified atom stereocenters. The number of carbonyl (C=O) groups is 2. The zero-order chi connectivity index (χ0) is 26.3. The van der Waals surface area contributed by atoms with E-state index in [-0.39, 0.29) is 18.1 Å². The van der Waals surface area contributed by atoms with Gasteiger partial charge in [0.25, 0.3) is 5.91 Å². The normalized spacial score (nSPS) is 15.8. The van der Waals surface area contributed by atoms with Crippen LogP contribution in [0, 0.1) is 6.92 Å². The summed E-state index contributed by atoms with van der Waals surface area (Å²) in [5.41, 5.74) is 1.42. The minimum Gasteiger partial charge on any atom is -0.351 e. The number of rotatable bonds is 5. The van der Waals surface area contributed by atoms with Crippen molar-refractivity contribution in [2.75, 3.05) is 27.5 Å². The Morgan fingerprint density at radius 2 is 1.92 bits per heavy atom. The van der Waals surface area contributed by atoms with Gasteiger partial charge in [-0.1, -0.05) is 12.1 Å². The molecule has 1 fully saturated rings. The SMILES string of the molecule is Cc1ccc(NC(=O)c2cccc(C(F)(F)F)c2)cc1N1Cc2cnc(NC3CCC3)nc2N(C)C1=O. The molecule has 3 aromatic rings. The minimum atomic E-state index is -4.55. The van der Waals surface area contributed by atoms with Gasteiger partial charge in [0.2, 0.25) is 5.95 Å². The molecule has 0 radical (unpaired) electrons. The van der Waals surface area contributed by atoms with Crippen LogP contribution in [0.2, 0.25) is 0 Å². The molecular weight excluding hydrogens is 485 g/mol. The number of aryl methyl sites for hydroxylation is 1. The summed E-state index contributed by atoms with van der Waals surface area (Å²) < 4.78 is 39.1. The maximum atomic E-state index is 13.3. The second-order valence-electron chi connectivity index (χ2n) is 9.28. The van der Waals surface area contributed by atoms with E-state index in [9.17, 15) is 22.8 Å². The number of benzene rings is 2. The van der Waals surface area contributed by atoms with E-state index in [1.165, 1.54) is 23.5 Å². The highest BCUT2D eigenvalue weighted by molar-refractivity contribution is 6.07. The van der Waals surface area contributed by atoms with Crippen molar-refractivity contribution < 1.29 is 22.8 Å². The molecule has 2 N–H and O–H groups in total. The molecule has 0 atom stereocenters. The lowest BCUT2D eigenvalue weighted by Crippen LogP contribution is -2.46. The van der Waals surface area contributed by atoms with E-state index in [4.69, 9.17) is 0 Å². The van der Waals surface area contributed by atoms with E-state index in [2.05, 4.69) is 20.6 Å². The highest BCUT2D eigenvalue weighted by Gasteiger charge is 2.33. The van der Waals surface area contributed by atoms with Gasteiger partial charge in [0.05, 0.1) is 17.8 Å². The third-order valence-electron chi connectivity index (χ3n) is 6.65. The number of urea groups is 1. The van der Waals surface area contributed by atoms with Crippen LogP contribution in [0.1, 0.15) is 46.3 Å². The zero-order valence-corrected chi connectivity index (χ0v) is 20.3. The molecule has 2 aliphatic rings. The summed E-state index contributed by atoms with van der Waals surface area (Å²) in [6.07, 6.45) is 0.469. The smallest absolute Gasteiger partial charge is 0.351 e. The summed E-state index contributed by atoms with van der Waals surface area (Å²) in [4.78, 5) is 38.0. The van der Waals surface area contributed by atoms with E-state index in [1.807, 2.05) is 6.92 Å². The molecule has 37 heavy (non-hydrogen) atoms. The third kappa shape index (κ3) is 4.93. The Morgan fingerprint density at radius 1 is 1.14 bits per heavy atom. The predicted molar refractivity (Wildman–Crippen MR) is 134 cm³/mol. The van der Waals surface area contributed by atoms with Crippen molar-refractivity contribution in [3.63, 3.8) is 0 Å². The van der Waals surface area contributed by atoms with Crippen LogP contribution in [-0.4, -0.2) is 35.0 Å². The first-order chi connectivity index (χ1) is 17.6. The Hall–Kier alpha value is -4.15. The first-order valence-corrected chi connectivity index (χ1v) is 11.9. The second kappa shape index (κ2) is 9.38. The Labute approximate surface area is 211 Å². The van der Waals surface area contributed by atoms with Crippen molar-refractivity contribution in [1.29, 1.82) is 0 Å². The van der Waals surface area contributed by atoms with Gasteiger partial charge in [-0.3, -0.25) is 14.6 Å². The lowest BCUT2D eigenvalue weighted by Gasteiger charge is -2.35. The molecule has 1 saturated carbocycles. The summed E-state index contributed by atoms with van der Waals surface area (Å²) in [6.45, 7) is 2.06. The Morgan fingerprint density at radius 3 is 2.62 bits per heavy atom. The van der Waals surface area contributed by atoms with Crippen LogP contribution in [0.4, 0.5) is 41.1 Å². The van der Waals surface area contributed by atoms with Gasteiger partial charge in [0, 0.05) is 36.1 Å². The average Bonchev–Trinajstić information content (AvgIpc) is 2.84. The summed E-state index contributed by atoms with van der Waals surface area (Å²) in [5.74, 6) is 0.338. The number of carbonyl (C=O) groups excluding carboxylic acids is 2. The molecule has 11 heteroatoms. The van der Waals surface area contributed by atoms with Gasteiger partial charge in [-0.15, -0.1) is 0 Å². The topological polar surface area (TPSA) is 90.5 Å². The fourth-order valence-electron chi connectivity index (χ4n) is 4.32. The number of aromatic nitrogens is 2. The number of hydrogen-bond donors (Lipinski definition) is 2. The van der Waals surface area contributed by atoms with Crippen molar-refractivity contribution in [1.82, 2.24) is 9.97 Å². The van der Waals surface area contributed by atoms with E-state index >= 15 is 0 Å². The minimum absolute atomic E-state index is 0.122. The van der Waals surface area contributed by atoms with Crippen LogP contribution in [0.5, 0.6) is 0 Å². The number of anilines is 4. The molecule has 1 aromatic heterocycles. The molecule has 0 bridgehead atoms. The molecular formula is C26H25F3N6O2. The summed E-state index contributed by atoms with van der Waals surface area (Å²) in [5, 5.41) is 5.92. The highest BCUT2D eigenvalue weighted by atomic mass is 19.4. The number of fused-ring (bicyclic) bond motifs is 1. The molecule has 1 aliphatic carbocycles. The standard InChI is InChI=1S/C26H25F3N6O2/c1-15-9-10-20(31-23(36)16-5-3-6-18(11-16)26(27,28)29)12-21(15)35-14-17-13-30-24(32-19-7-4-8-19)33-22(17)34(2)25(35)37/h3,5-6,9-13,19H,4,7-8,14H2,1-2H3,(H,31,36)(H,30,32,33). The van der Waals surface area contributed by atoms with Crippen molar-refractivity contribution in [3.05, 3.63) is 70.9 Å². The third-order valence-corrected chi connectivity index (χ3v) is 6.65. The van der Waals surface area contributed by atoms with Crippen LogP contribution in [0.15, 0.2) is 48.7 Å². The molecule has 192 valence electrons. The highest BCUT2D eigenvalue weighted by Crippen LogP contribution is 2.34. The number of alkyl halides is 3. The van der Waals surface area contributed by atoms with Gasteiger partial charge in [-0.05, 0) is 62.1 Å². The summed E-state index contributed by atoms with van der Waals surface area (Å²) >= 11 is 0. The number of nitrogens with zero attached hydrogens (tertiary/aromatic N) is 4. The fourth-order valence-corrected chi connectivity index (χ4v) is 4.32. The van der Waals surface area contributed by atoms with Gasteiger partial charge in [-0.2, -0.15) is 18.2 Å². The molecule has 2 aromatic carbocycles. The predicted octanol–water partition coefficient (Wildman–Crippen LogP) is 5.60. The van der Waals surface area contributed by atoms with Crippen LogP contribution >= 0.6 is 0 Å². The van der Waals surface area contributed by atoms with Gasteiger partial charge in [0.1, 0.15) is 5.82 Å². The maximum Gasteiger partial charge on any atom is 0.416 e. The van der Waals surface area contributed by atoms with Gasteiger partial charge < -0.3 is 10.6 Å². The largest absolute Gasteiger partial charge is 0.416 e. The fraction of sp³-hybridized carbons (Fsp3) is 0.308. The quantitative estimate of drug-likeness (QED) is 0.467. The Balaban J connectivity index is 1.37. The van der Waals surface area contributed by atoms with Crippen LogP contribution in [-0.2, 0) is 12.7 Å². The number of nitrogens with one attached hydrogen (secondary N) is 2. The summed E-state index contributed by atoms with van der Waals surface area (Å²) in [7, 11) is 1.64. The molecule has 2 heterocycles. The molecule has 0 saturated heterocycles. The van der Waals surface area contributed by atoms with Crippen LogP contribution in [0.3, 0.4) is 0 Å². The number of halogens is 3. The van der Waals surface area contributed by atoms with Crippen LogP contribution < -0.4 is 20.4 Å². The van der Waals surface area contributed by atoms with E-state index in [0.29, 0.717) is 29.2 Å². The second-order valence-corrected chi connectivity index (χ2v) is 9.28. The first-order valence-electron chi connectivity index (χ1n) is 11.9. The average molecular weight is 511 g/mol. The monoisotopic (exact) mass is 510 g/mol. The molecule has 3 amide bonds. The number of amides is 3. The lowest BCUT2D eigenvalue weighted by molar-refractivity contribution is -0.137. The van der Waals surface area contributed by atoms with Gasteiger partial charge in [0.15, 0.2) is 0 Å². The van der Waals surface area contributed by atoms with Crippen molar-refractivity contribution >= 4 is 35.1 Å². The molecule has 0 spiro atoms. The zero-order valence-electron chi connectivity index (χ0n) is 20.3. The maximum absolute atomic E-state index is 13.3. The number of hydrogen-bond acceptors (Lipinski definition) is 5. The van der Waals surface area contributed by atoms with E-state index in [0.717, 1.165) is 36.1 Å².